The normalized spacial score (nSPS) is 25.1. The summed E-state index contributed by atoms with van der Waals surface area (Å²) < 4.78 is 27.5. The van der Waals surface area contributed by atoms with E-state index >= 15 is 0 Å². The molecule has 5 unspecified atom stereocenters. The SMILES string of the molecule is COc1cc(C=CC(=O)OC2CC3C(COC(C)=O)=COC(OC(=O)CC(C)C)C3C2C)ccc1O. The average molecular weight is 503 g/mol. The summed E-state index contributed by atoms with van der Waals surface area (Å²) in [7, 11) is 1.44. The molecule has 9 nitrogen and oxygen atoms in total. The first-order valence-electron chi connectivity index (χ1n) is 12.0. The maximum atomic E-state index is 12.6. The van der Waals surface area contributed by atoms with Gasteiger partial charge < -0.3 is 28.8 Å². The van der Waals surface area contributed by atoms with Gasteiger partial charge in [0.15, 0.2) is 11.5 Å². The summed E-state index contributed by atoms with van der Waals surface area (Å²) in [6.45, 7) is 7.17. The van der Waals surface area contributed by atoms with Gasteiger partial charge in [-0.25, -0.2) is 4.79 Å². The van der Waals surface area contributed by atoms with E-state index in [0.717, 1.165) is 5.57 Å². The number of rotatable bonds is 9. The Morgan fingerprint density at radius 2 is 1.97 bits per heavy atom. The molecular formula is C27H34O9. The summed E-state index contributed by atoms with van der Waals surface area (Å²) in [5.74, 6) is -1.45. The molecule has 0 radical (unpaired) electrons. The van der Waals surface area contributed by atoms with Crippen LogP contribution in [0.2, 0.25) is 0 Å². The number of hydrogen-bond donors (Lipinski definition) is 1. The van der Waals surface area contributed by atoms with E-state index in [2.05, 4.69) is 0 Å². The molecule has 3 rings (SSSR count). The third-order valence-electron chi connectivity index (χ3n) is 6.44. The molecule has 196 valence electrons. The molecule has 1 aliphatic carbocycles. The van der Waals surface area contributed by atoms with Gasteiger partial charge in [-0.1, -0.05) is 26.8 Å². The van der Waals surface area contributed by atoms with E-state index in [1.807, 2.05) is 20.8 Å². The molecule has 1 aliphatic heterocycles. The molecule has 1 aromatic rings. The first-order chi connectivity index (χ1) is 17.1. The first kappa shape index (κ1) is 27.1. The highest BCUT2D eigenvalue weighted by molar-refractivity contribution is 5.87. The Kier molecular flexibility index (Phi) is 9.01. The molecule has 0 bridgehead atoms. The fourth-order valence-corrected chi connectivity index (χ4v) is 4.65. The van der Waals surface area contributed by atoms with Crippen molar-refractivity contribution in [2.45, 2.75) is 52.9 Å². The van der Waals surface area contributed by atoms with Crippen LogP contribution in [0.4, 0.5) is 0 Å². The minimum atomic E-state index is -0.818. The number of ether oxygens (including phenoxy) is 5. The first-order valence-corrected chi connectivity index (χ1v) is 12.0. The van der Waals surface area contributed by atoms with Crippen molar-refractivity contribution in [3.05, 3.63) is 41.7 Å². The highest BCUT2D eigenvalue weighted by Gasteiger charge is 2.52. The second-order valence-electron chi connectivity index (χ2n) is 9.58. The lowest BCUT2D eigenvalue weighted by Crippen LogP contribution is -2.39. The minimum absolute atomic E-state index is 0.00286. The minimum Gasteiger partial charge on any atom is -0.504 e. The Labute approximate surface area is 211 Å². The monoisotopic (exact) mass is 502 g/mol. The summed E-state index contributed by atoms with van der Waals surface area (Å²) in [5.41, 5.74) is 1.41. The van der Waals surface area contributed by atoms with Gasteiger partial charge in [0.25, 0.3) is 0 Å². The van der Waals surface area contributed by atoms with Crippen molar-refractivity contribution in [3.8, 4) is 11.5 Å². The predicted octanol–water partition coefficient (Wildman–Crippen LogP) is 3.99. The Morgan fingerprint density at radius 1 is 1.22 bits per heavy atom. The Balaban J connectivity index is 1.72. The van der Waals surface area contributed by atoms with Crippen molar-refractivity contribution in [2.75, 3.05) is 13.7 Å². The fraction of sp³-hybridized carbons (Fsp3) is 0.519. The van der Waals surface area contributed by atoms with Crippen molar-refractivity contribution >= 4 is 24.0 Å². The van der Waals surface area contributed by atoms with Gasteiger partial charge in [-0.05, 0) is 36.1 Å². The highest BCUT2D eigenvalue weighted by atomic mass is 16.7. The molecule has 1 aromatic carbocycles. The fourth-order valence-electron chi connectivity index (χ4n) is 4.65. The molecular weight excluding hydrogens is 468 g/mol. The largest absolute Gasteiger partial charge is 0.504 e. The van der Waals surface area contributed by atoms with Crippen molar-refractivity contribution in [1.82, 2.24) is 0 Å². The quantitative estimate of drug-likeness (QED) is 0.304. The number of fused-ring (bicyclic) bond motifs is 1. The topological polar surface area (TPSA) is 118 Å². The van der Waals surface area contributed by atoms with Gasteiger partial charge >= 0.3 is 17.9 Å². The summed E-state index contributed by atoms with van der Waals surface area (Å²) in [6, 6.07) is 4.73. The van der Waals surface area contributed by atoms with Crippen molar-refractivity contribution in [1.29, 1.82) is 0 Å². The third kappa shape index (κ3) is 6.80. The molecule has 0 amide bonds. The van der Waals surface area contributed by atoms with Crippen LogP contribution in [0.1, 0.15) is 46.1 Å². The molecule has 1 fully saturated rings. The summed E-state index contributed by atoms with van der Waals surface area (Å²) >= 11 is 0. The van der Waals surface area contributed by atoms with Crippen molar-refractivity contribution in [2.24, 2.45) is 23.7 Å². The van der Waals surface area contributed by atoms with Crippen LogP contribution in [0.3, 0.4) is 0 Å². The standard InChI is InChI=1S/C27H34O9/c1-15(2)10-25(31)36-27-26-16(3)22(12-20(26)19(14-34-27)13-33-17(4)28)35-24(30)9-7-18-6-8-21(29)23(11-18)32-5/h6-9,11,14-16,20,22,26-27,29H,10,12-13H2,1-5H3. The zero-order valence-corrected chi connectivity index (χ0v) is 21.3. The number of phenols is 1. The van der Waals surface area contributed by atoms with Crippen LogP contribution in [-0.4, -0.2) is 49.1 Å². The second-order valence-corrected chi connectivity index (χ2v) is 9.58. The van der Waals surface area contributed by atoms with E-state index in [9.17, 15) is 19.5 Å². The lowest BCUT2D eigenvalue weighted by molar-refractivity contribution is -0.190. The van der Waals surface area contributed by atoms with Crippen LogP contribution in [-0.2, 0) is 33.3 Å². The van der Waals surface area contributed by atoms with Crippen LogP contribution in [0.25, 0.3) is 6.08 Å². The summed E-state index contributed by atoms with van der Waals surface area (Å²) in [4.78, 5) is 36.3. The van der Waals surface area contributed by atoms with Gasteiger partial charge in [0.2, 0.25) is 6.29 Å². The predicted molar refractivity (Wildman–Crippen MR) is 129 cm³/mol. The summed E-state index contributed by atoms with van der Waals surface area (Å²) in [5, 5.41) is 9.73. The number of phenolic OH excluding ortho intramolecular Hbond substituents is 1. The molecule has 1 N–H and O–H groups in total. The number of carbonyl (C=O) groups excluding carboxylic acids is 3. The van der Waals surface area contributed by atoms with E-state index in [1.165, 1.54) is 32.4 Å². The highest BCUT2D eigenvalue weighted by Crippen LogP contribution is 2.48. The van der Waals surface area contributed by atoms with Crippen LogP contribution in [0, 0.1) is 23.7 Å². The molecule has 0 spiro atoms. The zero-order chi connectivity index (χ0) is 26.4. The lowest BCUT2D eigenvalue weighted by Gasteiger charge is -2.35. The number of esters is 3. The molecule has 1 saturated carbocycles. The van der Waals surface area contributed by atoms with Crippen molar-refractivity contribution < 1.29 is 43.2 Å². The van der Waals surface area contributed by atoms with E-state index in [4.69, 9.17) is 23.7 Å². The molecule has 1 heterocycles. The van der Waals surface area contributed by atoms with Crippen LogP contribution in [0.15, 0.2) is 36.1 Å². The molecule has 36 heavy (non-hydrogen) atoms. The van der Waals surface area contributed by atoms with E-state index < -0.39 is 24.3 Å². The molecule has 0 aromatic heterocycles. The van der Waals surface area contributed by atoms with Crippen molar-refractivity contribution in [3.63, 3.8) is 0 Å². The number of carbonyl (C=O) groups is 3. The maximum Gasteiger partial charge on any atom is 0.331 e. The lowest BCUT2D eigenvalue weighted by atomic mass is 9.83. The van der Waals surface area contributed by atoms with E-state index in [0.29, 0.717) is 17.7 Å². The van der Waals surface area contributed by atoms with Gasteiger partial charge in [-0.2, -0.15) is 0 Å². The second kappa shape index (κ2) is 12.0. The molecule has 0 saturated heterocycles. The maximum absolute atomic E-state index is 12.6. The Morgan fingerprint density at radius 3 is 2.64 bits per heavy atom. The number of aromatic hydroxyl groups is 1. The smallest absolute Gasteiger partial charge is 0.331 e. The van der Waals surface area contributed by atoms with Gasteiger partial charge in [0.05, 0.1) is 13.4 Å². The summed E-state index contributed by atoms with van der Waals surface area (Å²) in [6.07, 6.45) is 3.84. The average Bonchev–Trinajstić information content (AvgIpc) is 3.13. The third-order valence-corrected chi connectivity index (χ3v) is 6.44. The van der Waals surface area contributed by atoms with Crippen LogP contribution >= 0.6 is 0 Å². The van der Waals surface area contributed by atoms with Gasteiger partial charge in [-0.3, -0.25) is 9.59 Å². The van der Waals surface area contributed by atoms with Crippen LogP contribution in [0.5, 0.6) is 11.5 Å². The van der Waals surface area contributed by atoms with E-state index in [1.54, 1.807) is 18.2 Å². The number of hydrogen-bond acceptors (Lipinski definition) is 9. The Bertz CT molecular complexity index is 1030. The zero-order valence-electron chi connectivity index (χ0n) is 21.3. The number of benzene rings is 1. The van der Waals surface area contributed by atoms with Gasteiger partial charge in [-0.15, -0.1) is 0 Å². The van der Waals surface area contributed by atoms with Gasteiger partial charge in [0.1, 0.15) is 12.7 Å². The van der Waals surface area contributed by atoms with E-state index in [-0.39, 0.29) is 48.4 Å². The Hall–Kier alpha value is -3.49. The molecule has 2 aliphatic rings. The molecule has 9 heteroatoms. The van der Waals surface area contributed by atoms with Crippen LogP contribution < -0.4 is 4.74 Å². The molecule has 5 atom stereocenters. The number of methoxy groups -OCH3 is 1. The van der Waals surface area contributed by atoms with Gasteiger partial charge in [0, 0.05) is 42.7 Å².